The lowest BCUT2D eigenvalue weighted by molar-refractivity contribution is 0.627. The van der Waals surface area contributed by atoms with E-state index in [0.29, 0.717) is 0 Å². The molecule has 0 radical (unpaired) electrons. The molecule has 1 aromatic carbocycles. The Kier molecular flexibility index (Phi) is 4.87. The average Bonchev–Trinajstić information content (AvgIpc) is 2.49. The van der Waals surface area contributed by atoms with Gasteiger partial charge in [0.2, 0.25) is 0 Å². The molecule has 0 saturated heterocycles. The van der Waals surface area contributed by atoms with Crippen LogP contribution in [0.3, 0.4) is 0 Å². The highest BCUT2D eigenvalue weighted by atomic mass is 19.1. The molecule has 0 bridgehead atoms. The number of halogens is 1. The van der Waals surface area contributed by atoms with E-state index in [2.05, 4.69) is 27.5 Å². The summed E-state index contributed by atoms with van der Waals surface area (Å²) < 4.78 is 12.8. The predicted molar refractivity (Wildman–Crippen MR) is 79.6 cm³/mol. The summed E-state index contributed by atoms with van der Waals surface area (Å²) >= 11 is 0. The number of aromatic nitrogens is 2. The third kappa shape index (κ3) is 3.44. The predicted octanol–water partition coefficient (Wildman–Crippen LogP) is 2.87. The largest absolute Gasteiger partial charge is 0.373 e. The van der Waals surface area contributed by atoms with Gasteiger partial charge in [-0.05, 0) is 30.5 Å². The van der Waals surface area contributed by atoms with Crippen molar-refractivity contribution >= 4 is 11.6 Å². The molecule has 106 valence electrons. The van der Waals surface area contributed by atoms with Crippen molar-refractivity contribution in [3.8, 4) is 0 Å². The van der Waals surface area contributed by atoms with Crippen LogP contribution in [0.25, 0.3) is 0 Å². The molecule has 2 N–H and O–H groups in total. The molecule has 0 atom stereocenters. The molecule has 2 rings (SSSR count). The summed E-state index contributed by atoms with van der Waals surface area (Å²) in [7, 11) is 1.85. The van der Waals surface area contributed by atoms with Gasteiger partial charge in [0.1, 0.15) is 23.8 Å². The van der Waals surface area contributed by atoms with Crippen molar-refractivity contribution in [3.63, 3.8) is 0 Å². The van der Waals surface area contributed by atoms with Crippen LogP contribution in [-0.4, -0.2) is 23.6 Å². The highest BCUT2D eigenvalue weighted by molar-refractivity contribution is 5.57. The van der Waals surface area contributed by atoms with Crippen LogP contribution in [0.15, 0.2) is 30.6 Å². The molecule has 0 fully saturated rings. The number of hydrogen-bond acceptors (Lipinski definition) is 4. The third-order valence-corrected chi connectivity index (χ3v) is 3.16. The molecule has 0 unspecified atom stereocenters. The Hall–Kier alpha value is -2.17. The van der Waals surface area contributed by atoms with Gasteiger partial charge in [0.15, 0.2) is 0 Å². The molecule has 2 aromatic rings. The second-order valence-corrected chi connectivity index (χ2v) is 4.46. The van der Waals surface area contributed by atoms with Crippen molar-refractivity contribution in [3.05, 3.63) is 47.5 Å². The Morgan fingerprint density at radius 1 is 1.10 bits per heavy atom. The summed E-state index contributed by atoms with van der Waals surface area (Å²) in [5, 5.41) is 6.39. The SMILES string of the molecule is CCc1c(NC)ncnc1NCCc1ccc(F)cc1. The van der Waals surface area contributed by atoms with E-state index in [9.17, 15) is 4.39 Å². The zero-order valence-electron chi connectivity index (χ0n) is 11.8. The van der Waals surface area contributed by atoms with Gasteiger partial charge in [-0.1, -0.05) is 19.1 Å². The molecule has 0 spiro atoms. The third-order valence-electron chi connectivity index (χ3n) is 3.16. The first kappa shape index (κ1) is 14.2. The molecule has 0 aliphatic heterocycles. The molecule has 5 heteroatoms. The van der Waals surface area contributed by atoms with Crippen molar-refractivity contribution in [1.29, 1.82) is 0 Å². The number of hydrogen-bond donors (Lipinski definition) is 2. The summed E-state index contributed by atoms with van der Waals surface area (Å²) in [6, 6.07) is 6.57. The van der Waals surface area contributed by atoms with Crippen LogP contribution in [0.2, 0.25) is 0 Å². The van der Waals surface area contributed by atoms with E-state index in [-0.39, 0.29) is 5.82 Å². The number of anilines is 2. The minimum absolute atomic E-state index is 0.204. The van der Waals surface area contributed by atoms with Gasteiger partial charge in [0.25, 0.3) is 0 Å². The van der Waals surface area contributed by atoms with Gasteiger partial charge in [-0.2, -0.15) is 0 Å². The van der Waals surface area contributed by atoms with Gasteiger partial charge in [-0.25, -0.2) is 14.4 Å². The fourth-order valence-corrected chi connectivity index (χ4v) is 2.09. The molecule has 4 nitrogen and oxygen atoms in total. The van der Waals surface area contributed by atoms with Gasteiger partial charge in [-0.3, -0.25) is 0 Å². The minimum Gasteiger partial charge on any atom is -0.373 e. The molecule has 0 aliphatic carbocycles. The lowest BCUT2D eigenvalue weighted by Crippen LogP contribution is -2.10. The van der Waals surface area contributed by atoms with Crippen LogP contribution >= 0.6 is 0 Å². The standard InChI is InChI=1S/C15H19FN4/c1-3-13-14(17-2)19-10-20-15(13)18-9-8-11-4-6-12(16)7-5-11/h4-7,10H,3,8-9H2,1-2H3,(H2,17,18,19,20). The van der Waals surface area contributed by atoms with Crippen LogP contribution < -0.4 is 10.6 Å². The van der Waals surface area contributed by atoms with Gasteiger partial charge >= 0.3 is 0 Å². The number of rotatable bonds is 6. The summed E-state index contributed by atoms with van der Waals surface area (Å²) in [6.45, 7) is 2.82. The van der Waals surface area contributed by atoms with Crippen molar-refractivity contribution in [2.75, 3.05) is 24.2 Å². The number of nitrogens with zero attached hydrogens (tertiary/aromatic N) is 2. The Morgan fingerprint density at radius 2 is 1.80 bits per heavy atom. The lowest BCUT2D eigenvalue weighted by Gasteiger charge is -2.12. The van der Waals surface area contributed by atoms with Crippen LogP contribution in [0.4, 0.5) is 16.0 Å². The van der Waals surface area contributed by atoms with Crippen LogP contribution in [0.1, 0.15) is 18.1 Å². The van der Waals surface area contributed by atoms with Crippen molar-refractivity contribution in [1.82, 2.24) is 9.97 Å². The molecular weight excluding hydrogens is 255 g/mol. The summed E-state index contributed by atoms with van der Waals surface area (Å²) in [5.74, 6) is 1.50. The van der Waals surface area contributed by atoms with E-state index in [1.807, 2.05) is 7.05 Å². The van der Waals surface area contributed by atoms with E-state index in [4.69, 9.17) is 0 Å². The number of benzene rings is 1. The maximum Gasteiger partial charge on any atom is 0.134 e. The molecular formula is C15H19FN4. The Labute approximate surface area is 118 Å². The quantitative estimate of drug-likeness (QED) is 0.850. The first-order valence-corrected chi connectivity index (χ1v) is 6.74. The van der Waals surface area contributed by atoms with Crippen LogP contribution in [0, 0.1) is 5.82 Å². The van der Waals surface area contributed by atoms with Crippen molar-refractivity contribution < 1.29 is 4.39 Å². The van der Waals surface area contributed by atoms with E-state index >= 15 is 0 Å². The second kappa shape index (κ2) is 6.84. The molecule has 0 aliphatic rings. The monoisotopic (exact) mass is 274 g/mol. The maximum atomic E-state index is 12.8. The zero-order valence-corrected chi connectivity index (χ0v) is 11.8. The summed E-state index contributed by atoms with van der Waals surface area (Å²) in [6.07, 6.45) is 3.23. The second-order valence-electron chi connectivity index (χ2n) is 4.46. The molecule has 0 saturated carbocycles. The molecule has 1 aromatic heterocycles. The van der Waals surface area contributed by atoms with E-state index < -0.39 is 0 Å². The molecule has 0 amide bonds. The van der Waals surface area contributed by atoms with Crippen LogP contribution in [0.5, 0.6) is 0 Å². The van der Waals surface area contributed by atoms with E-state index in [1.54, 1.807) is 18.5 Å². The summed E-state index contributed by atoms with van der Waals surface area (Å²) in [4.78, 5) is 8.48. The fraction of sp³-hybridized carbons (Fsp3) is 0.333. The highest BCUT2D eigenvalue weighted by Crippen LogP contribution is 2.19. The van der Waals surface area contributed by atoms with Crippen molar-refractivity contribution in [2.45, 2.75) is 19.8 Å². The topological polar surface area (TPSA) is 49.8 Å². The smallest absolute Gasteiger partial charge is 0.134 e. The Bertz CT molecular complexity index is 554. The maximum absolute atomic E-state index is 12.8. The first-order chi connectivity index (χ1) is 9.74. The molecule has 1 heterocycles. The number of nitrogens with one attached hydrogen (secondary N) is 2. The molecule has 20 heavy (non-hydrogen) atoms. The highest BCUT2D eigenvalue weighted by Gasteiger charge is 2.07. The Morgan fingerprint density at radius 3 is 2.45 bits per heavy atom. The Balaban J connectivity index is 1.98. The van der Waals surface area contributed by atoms with Crippen LogP contribution in [-0.2, 0) is 12.8 Å². The average molecular weight is 274 g/mol. The van der Waals surface area contributed by atoms with Gasteiger partial charge in [0.05, 0.1) is 0 Å². The van der Waals surface area contributed by atoms with Gasteiger partial charge in [0, 0.05) is 19.2 Å². The first-order valence-electron chi connectivity index (χ1n) is 6.74. The normalized spacial score (nSPS) is 10.3. The summed E-state index contributed by atoms with van der Waals surface area (Å²) in [5.41, 5.74) is 2.17. The van der Waals surface area contributed by atoms with Crippen molar-refractivity contribution in [2.24, 2.45) is 0 Å². The zero-order chi connectivity index (χ0) is 14.4. The van der Waals surface area contributed by atoms with E-state index in [1.165, 1.54) is 12.1 Å². The van der Waals surface area contributed by atoms with E-state index in [0.717, 1.165) is 42.1 Å². The fourth-order valence-electron chi connectivity index (χ4n) is 2.09. The lowest BCUT2D eigenvalue weighted by atomic mass is 10.1. The van der Waals surface area contributed by atoms with Gasteiger partial charge in [-0.15, -0.1) is 0 Å². The minimum atomic E-state index is -0.204. The van der Waals surface area contributed by atoms with Gasteiger partial charge < -0.3 is 10.6 Å².